The molecule has 92 valence electrons. The van der Waals surface area contributed by atoms with Crippen LogP contribution in [-0.4, -0.2) is 46.7 Å². The van der Waals surface area contributed by atoms with E-state index in [0.717, 1.165) is 32.4 Å². The lowest BCUT2D eigenvalue weighted by molar-refractivity contribution is 0.192. The topological polar surface area (TPSA) is 55.4 Å². The highest BCUT2D eigenvalue weighted by Gasteiger charge is 2.08. The van der Waals surface area contributed by atoms with Gasteiger partial charge in [-0.2, -0.15) is 0 Å². The van der Waals surface area contributed by atoms with Gasteiger partial charge in [-0.25, -0.2) is 8.42 Å². The molecule has 0 fully saturated rings. The molecule has 0 radical (unpaired) electrons. The van der Waals surface area contributed by atoms with E-state index in [0.29, 0.717) is 0 Å². The number of nitrogens with one attached hydrogen (secondary N) is 1. The highest BCUT2D eigenvalue weighted by atomic mass is 32.2. The lowest BCUT2D eigenvalue weighted by Gasteiger charge is -2.12. The minimum absolute atomic E-state index is 0.0439. The van der Waals surface area contributed by atoms with Crippen LogP contribution in [0.15, 0.2) is 0 Å². The number of hydrogen-bond acceptors (Lipinski definition) is 4. The quantitative estimate of drug-likeness (QED) is 0.603. The van der Waals surface area contributed by atoms with E-state index in [-0.39, 0.29) is 11.8 Å². The predicted molar refractivity (Wildman–Crippen MR) is 62.9 cm³/mol. The molecule has 0 aliphatic carbocycles. The Labute approximate surface area is 93.3 Å². The summed E-state index contributed by atoms with van der Waals surface area (Å²) >= 11 is 0. The molecule has 0 aromatic heterocycles. The van der Waals surface area contributed by atoms with Crippen molar-refractivity contribution in [2.75, 3.05) is 32.3 Å². The van der Waals surface area contributed by atoms with Crippen LogP contribution in [0.2, 0.25) is 0 Å². The lowest BCUT2D eigenvalue weighted by Crippen LogP contribution is -2.33. The first-order valence-corrected chi connectivity index (χ1v) is 7.42. The maximum atomic E-state index is 11.0. The van der Waals surface area contributed by atoms with Crippen LogP contribution >= 0.6 is 0 Å². The summed E-state index contributed by atoms with van der Waals surface area (Å²) in [6.07, 6.45) is 4.52. The van der Waals surface area contributed by atoms with E-state index in [1.165, 1.54) is 6.26 Å². The third-order valence-electron chi connectivity index (χ3n) is 2.07. The Bertz CT molecular complexity index is 239. The Hall–Kier alpha value is -0.130. The van der Waals surface area contributed by atoms with Gasteiger partial charge in [0, 0.05) is 26.0 Å². The third-order valence-corrected chi connectivity index (χ3v) is 3.18. The summed E-state index contributed by atoms with van der Waals surface area (Å²) in [6.45, 7) is 3.58. The molecule has 0 spiro atoms. The zero-order valence-corrected chi connectivity index (χ0v) is 10.8. The Morgan fingerprint density at radius 1 is 1.27 bits per heavy atom. The number of unbranched alkanes of at least 4 members (excludes halogenated alkanes) is 2. The largest absolute Gasteiger partial charge is 0.385 e. The highest BCUT2D eigenvalue weighted by molar-refractivity contribution is 7.90. The molecule has 0 saturated carbocycles. The Morgan fingerprint density at radius 2 is 1.93 bits per heavy atom. The van der Waals surface area contributed by atoms with Gasteiger partial charge >= 0.3 is 0 Å². The molecule has 1 atom stereocenters. The second-order valence-electron chi connectivity index (χ2n) is 4.00. The number of rotatable bonds is 9. The van der Waals surface area contributed by atoms with Gasteiger partial charge < -0.3 is 10.1 Å². The average molecular weight is 237 g/mol. The van der Waals surface area contributed by atoms with Crippen LogP contribution in [-0.2, 0) is 14.6 Å². The van der Waals surface area contributed by atoms with E-state index < -0.39 is 9.84 Å². The first kappa shape index (κ1) is 14.9. The minimum atomic E-state index is -2.86. The third kappa shape index (κ3) is 11.8. The number of methoxy groups -OCH3 is 1. The summed E-state index contributed by atoms with van der Waals surface area (Å²) in [5, 5.41) is 3.20. The smallest absolute Gasteiger partial charge is 0.148 e. The predicted octanol–water partition coefficient (Wildman–Crippen LogP) is 0.826. The first-order valence-electron chi connectivity index (χ1n) is 5.36. The van der Waals surface area contributed by atoms with Crippen LogP contribution in [0.3, 0.4) is 0 Å². The molecule has 0 aromatic carbocycles. The van der Waals surface area contributed by atoms with Crippen LogP contribution in [0.4, 0.5) is 0 Å². The maximum Gasteiger partial charge on any atom is 0.148 e. The SMILES string of the molecule is COCCCCCNC(C)CS(C)(=O)=O. The summed E-state index contributed by atoms with van der Waals surface area (Å²) < 4.78 is 26.9. The summed E-state index contributed by atoms with van der Waals surface area (Å²) in [7, 11) is -1.16. The van der Waals surface area contributed by atoms with Crippen molar-refractivity contribution in [1.82, 2.24) is 5.32 Å². The fraction of sp³-hybridized carbons (Fsp3) is 1.00. The fourth-order valence-corrected chi connectivity index (χ4v) is 2.44. The Morgan fingerprint density at radius 3 is 2.47 bits per heavy atom. The molecule has 0 amide bonds. The summed E-state index contributed by atoms with van der Waals surface area (Å²) in [6, 6.07) is 0.0439. The molecule has 1 N–H and O–H groups in total. The number of sulfone groups is 1. The second-order valence-corrected chi connectivity index (χ2v) is 6.19. The van der Waals surface area contributed by atoms with Crippen LogP contribution in [0, 0.1) is 0 Å². The van der Waals surface area contributed by atoms with Crippen molar-refractivity contribution in [3.8, 4) is 0 Å². The summed E-state index contributed by atoms with van der Waals surface area (Å²) in [5.41, 5.74) is 0. The van der Waals surface area contributed by atoms with Gasteiger partial charge in [-0.3, -0.25) is 0 Å². The molecule has 0 aliphatic rings. The van der Waals surface area contributed by atoms with Gasteiger partial charge in [-0.1, -0.05) is 0 Å². The van der Waals surface area contributed by atoms with E-state index in [9.17, 15) is 8.42 Å². The van der Waals surface area contributed by atoms with Crippen molar-refractivity contribution in [3.05, 3.63) is 0 Å². The Kier molecular flexibility index (Phi) is 8.00. The van der Waals surface area contributed by atoms with Gasteiger partial charge in [-0.05, 0) is 32.7 Å². The first-order chi connectivity index (χ1) is 6.95. The molecule has 0 bridgehead atoms. The molecular formula is C10H23NO3S. The van der Waals surface area contributed by atoms with Crippen molar-refractivity contribution in [1.29, 1.82) is 0 Å². The van der Waals surface area contributed by atoms with Crippen LogP contribution in [0.5, 0.6) is 0 Å². The van der Waals surface area contributed by atoms with E-state index in [1.807, 2.05) is 6.92 Å². The molecule has 4 nitrogen and oxygen atoms in total. The highest BCUT2D eigenvalue weighted by Crippen LogP contribution is 1.95. The average Bonchev–Trinajstić information content (AvgIpc) is 2.08. The standard InChI is InChI=1S/C10H23NO3S/c1-10(9-15(3,12)13)11-7-5-4-6-8-14-2/h10-11H,4-9H2,1-3H3. The lowest BCUT2D eigenvalue weighted by atomic mass is 10.2. The van der Waals surface area contributed by atoms with E-state index in [1.54, 1.807) is 7.11 Å². The molecule has 0 rings (SSSR count). The van der Waals surface area contributed by atoms with E-state index in [4.69, 9.17) is 4.74 Å². The molecule has 5 heteroatoms. The molecular weight excluding hydrogens is 214 g/mol. The summed E-state index contributed by atoms with van der Waals surface area (Å²) in [5.74, 6) is 0.213. The van der Waals surface area contributed by atoms with E-state index in [2.05, 4.69) is 5.32 Å². The van der Waals surface area contributed by atoms with Crippen LogP contribution in [0.1, 0.15) is 26.2 Å². The number of hydrogen-bond donors (Lipinski definition) is 1. The van der Waals surface area contributed by atoms with Crippen molar-refractivity contribution in [2.24, 2.45) is 0 Å². The summed E-state index contributed by atoms with van der Waals surface area (Å²) in [4.78, 5) is 0. The van der Waals surface area contributed by atoms with Crippen molar-refractivity contribution < 1.29 is 13.2 Å². The fourth-order valence-electron chi connectivity index (χ4n) is 1.41. The molecule has 1 unspecified atom stereocenters. The molecule has 0 aliphatic heterocycles. The van der Waals surface area contributed by atoms with Gasteiger partial charge in [0.15, 0.2) is 0 Å². The zero-order chi connectivity index (χ0) is 11.7. The van der Waals surface area contributed by atoms with Crippen molar-refractivity contribution in [2.45, 2.75) is 32.2 Å². The van der Waals surface area contributed by atoms with Gasteiger partial charge in [0.25, 0.3) is 0 Å². The molecule has 0 aromatic rings. The monoisotopic (exact) mass is 237 g/mol. The van der Waals surface area contributed by atoms with Crippen LogP contribution < -0.4 is 5.32 Å². The molecule has 0 heterocycles. The van der Waals surface area contributed by atoms with Gasteiger partial charge in [-0.15, -0.1) is 0 Å². The van der Waals surface area contributed by atoms with Crippen LogP contribution in [0.25, 0.3) is 0 Å². The maximum absolute atomic E-state index is 11.0. The van der Waals surface area contributed by atoms with Crippen molar-refractivity contribution >= 4 is 9.84 Å². The second kappa shape index (κ2) is 8.07. The zero-order valence-electron chi connectivity index (χ0n) is 9.95. The van der Waals surface area contributed by atoms with Gasteiger partial charge in [0.1, 0.15) is 9.84 Å². The normalized spacial score (nSPS) is 14.1. The molecule has 15 heavy (non-hydrogen) atoms. The molecule has 0 saturated heterocycles. The van der Waals surface area contributed by atoms with Gasteiger partial charge in [0.05, 0.1) is 5.75 Å². The van der Waals surface area contributed by atoms with Gasteiger partial charge in [0.2, 0.25) is 0 Å². The van der Waals surface area contributed by atoms with E-state index >= 15 is 0 Å². The van der Waals surface area contributed by atoms with Crippen molar-refractivity contribution in [3.63, 3.8) is 0 Å². The minimum Gasteiger partial charge on any atom is -0.385 e. The number of ether oxygens (including phenoxy) is 1. The Balaban J connectivity index is 3.36.